The molecule has 0 aliphatic carbocycles. The zero-order chi connectivity index (χ0) is 14.5. The predicted molar refractivity (Wildman–Crippen MR) is 84.7 cm³/mol. The summed E-state index contributed by atoms with van der Waals surface area (Å²) in [4.78, 5) is 12.0. The van der Waals surface area contributed by atoms with Crippen LogP contribution < -0.4 is 9.47 Å². The molecule has 0 heterocycles. The van der Waals surface area contributed by atoms with E-state index in [1.54, 1.807) is 37.4 Å². The molecule has 0 fully saturated rings. The number of benzene rings is 2. The number of carbonyl (C=O) groups excluding carboxylic acids is 1. The predicted octanol–water partition coefficient (Wildman–Crippen LogP) is 4.48. The van der Waals surface area contributed by atoms with Crippen LogP contribution in [0.4, 0.5) is 0 Å². The van der Waals surface area contributed by atoms with Crippen LogP contribution in [0.2, 0.25) is 0 Å². The molecule has 2 rings (SSSR count). The van der Waals surface area contributed by atoms with Crippen molar-refractivity contribution in [1.82, 2.24) is 0 Å². The van der Waals surface area contributed by atoms with Gasteiger partial charge < -0.3 is 9.47 Å². The van der Waals surface area contributed by atoms with E-state index in [4.69, 9.17) is 9.47 Å². The maximum atomic E-state index is 12.0. The van der Waals surface area contributed by atoms with Crippen molar-refractivity contribution in [2.24, 2.45) is 0 Å². The number of hydrogen-bond donors (Lipinski definition) is 0. The molecule has 0 radical (unpaired) electrons. The van der Waals surface area contributed by atoms with E-state index in [1.165, 1.54) is 0 Å². The summed E-state index contributed by atoms with van der Waals surface area (Å²) in [5.41, 5.74) is 0.579. The molecule has 0 aliphatic heterocycles. The topological polar surface area (TPSA) is 35.5 Å². The van der Waals surface area contributed by atoms with E-state index in [9.17, 15) is 4.79 Å². The summed E-state index contributed by atoms with van der Waals surface area (Å²) < 4.78 is 12.3. The molecule has 2 aromatic rings. The summed E-state index contributed by atoms with van der Waals surface area (Å²) in [6, 6.07) is 12.5. The summed E-state index contributed by atoms with van der Waals surface area (Å²) in [5.74, 6) is 1.26. The minimum atomic E-state index is -0.0868. The third kappa shape index (κ3) is 3.84. The van der Waals surface area contributed by atoms with E-state index in [0.29, 0.717) is 17.1 Å². The number of Topliss-reactive ketones (excluding diaryl/α,β-unsaturated/α-hetero) is 1. The fourth-order valence-electron chi connectivity index (χ4n) is 1.60. The van der Waals surface area contributed by atoms with Crippen molar-refractivity contribution in [3.8, 4) is 11.5 Å². The molecule has 0 spiro atoms. The van der Waals surface area contributed by atoms with Crippen molar-refractivity contribution >= 4 is 37.6 Å². The smallest absolute Gasteiger partial charge is 0.200 e. The van der Waals surface area contributed by atoms with E-state index < -0.39 is 0 Å². The van der Waals surface area contributed by atoms with Crippen LogP contribution in [0.5, 0.6) is 11.5 Å². The highest BCUT2D eigenvalue weighted by Crippen LogP contribution is 2.25. The molecular weight excluding hydrogens is 388 g/mol. The van der Waals surface area contributed by atoms with Crippen LogP contribution in [0.25, 0.3) is 0 Å². The lowest BCUT2D eigenvalue weighted by atomic mass is 10.1. The molecule has 0 aromatic heterocycles. The van der Waals surface area contributed by atoms with Gasteiger partial charge in [0.2, 0.25) is 0 Å². The van der Waals surface area contributed by atoms with E-state index in [0.717, 1.165) is 8.95 Å². The number of rotatable bonds is 5. The Labute approximate surface area is 134 Å². The zero-order valence-electron chi connectivity index (χ0n) is 10.7. The molecule has 0 saturated carbocycles. The number of methoxy groups -OCH3 is 1. The summed E-state index contributed by atoms with van der Waals surface area (Å²) in [6.45, 7) is 0.000398. The first-order valence-electron chi connectivity index (χ1n) is 5.85. The lowest BCUT2D eigenvalue weighted by Crippen LogP contribution is -2.11. The monoisotopic (exact) mass is 398 g/mol. The van der Waals surface area contributed by atoms with Gasteiger partial charge in [-0.25, -0.2) is 0 Å². The van der Waals surface area contributed by atoms with Crippen molar-refractivity contribution in [3.63, 3.8) is 0 Å². The molecule has 0 saturated heterocycles. The lowest BCUT2D eigenvalue weighted by Gasteiger charge is -2.07. The lowest BCUT2D eigenvalue weighted by molar-refractivity contribution is 0.0921. The highest BCUT2D eigenvalue weighted by Gasteiger charge is 2.09. The van der Waals surface area contributed by atoms with Crippen LogP contribution in [-0.2, 0) is 0 Å². The molecule has 0 unspecified atom stereocenters. The largest absolute Gasteiger partial charge is 0.496 e. The van der Waals surface area contributed by atoms with Crippen molar-refractivity contribution in [1.29, 1.82) is 0 Å². The van der Waals surface area contributed by atoms with Crippen molar-refractivity contribution < 1.29 is 14.3 Å². The van der Waals surface area contributed by atoms with E-state index in [-0.39, 0.29) is 12.4 Å². The molecule has 0 amide bonds. The molecule has 0 N–H and O–H groups in total. The molecular formula is C15H12Br2O3. The van der Waals surface area contributed by atoms with Crippen LogP contribution >= 0.6 is 31.9 Å². The van der Waals surface area contributed by atoms with Gasteiger partial charge in [0, 0.05) is 10.0 Å². The average Bonchev–Trinajstić information content (AvgIpc) is 2.46. The molecule has 104 valence electrons. The van der Waals surface area contributed by atoms with Crippen LogP contribution in [-0.4, -0.2) is 19.5 Å². The van der Waals surface area contributed by atoms with E-state index in [2.05, 4.69) is 31.9 Å². The Hall–Kier alpha value is -1.33. The second-order valence-electron chi connectivity index (χ2n) is 4.02. The van der Waals surface area contributed by atoms with Gasteiger partial charge in [-0.15, -0.1) is 0 Å². The summed E-state index contributed by atoms with van der Waals surface area (Å²) in [5, 5.41) is 0. The van der Waals surface area contributed by atoms with E-state index >= 15 is 0 Å². The molecule has 2 aromatic carbocycles. The van der Waals surface area contributed by atoms with Gasteiger partial charge in [0.1, 0.15) is 11.5 Å². The first-order chi connectivity index (χ1) is 9.60. The molecule has 0 aliphatic rings. The van der Waals surface area contributed by atoms with Crippen molar-refractivity contribution in [2.75, 3.05) is 13.7 Å². The van der Waals surface area contributed by atoms with Gasteiger partial charge in [-0.05, 0) is 58.4 Å². The maximum Gasteiger partial charge on any atom is 0.200 e. The SMILES string of the molecule is COc1ccc(C(=O)COc2ccc(Br)cc2)cc1Br. The highest BCUT2D eigenvalue weighted by atomic mass is 79.9. The van der Waals surface area contributed by atoms with Gasteiger partial charge in [-0.1, -0.05) is 15.9 Å². The Balaban J connectivity index is 2.01. The fraction of sp³-hybridized carbons (Fsp3) is 0.133. The standard InChI is InChI=1S/C15H12Br2O3/c1-19-15-7-2-10(8-13(15)17)14(18)9-20-12-5-3-11(16)4-6-12/h2-8H,9H2,1H3. The van der Waals surface area contributed by atoms with Crippen molar-refractivity contribution in [3.05, 3.63) is 57.0 Å². The molecule has 0 atom stereocenters. The number of halogens is 2. The van der Waals surface area contributed by atoms with Gasteiger partial charge in [0.15, 0.2) is 12.4 Å². The molecule has 5 heteroatoms. The highest BCUT2D eigenvalue weighted by molar-refractivity contribution is 9.10. The maximum absolute atomic E-state index is 12.0. The third-order valence-electron chi connectivity index (χ3n) is 2.66. The zero-order valence-corrected chi connectivity index (χ0v) is 13.9. The van der Waals surface area contributed by atoms with Crippen LogP contribution in [0.15, 0.2) is 51.4 Å². The summed E-state index contributed by atoms with van der Waals surface area (Å²) >= 11 is 6.70. The van der Waals surface area contributed by atoms with Crippen molar-refractivity contribution in [2.45, 2.75) is 0 Å². The van der Waals surface area contributed by atoms with Crippen LogP contribution in [0.3, 0.4) is 0 Å². The van der Waals surface area contributed by atoms with Crippen LogP contribution in [0, 0.1) is 0 Å². The third-order valence-corrected chi connectivity index (χ3v) is 3.81. The normalized spacial score (nSPS) is 10.2. The quantitative estimate of drug-likeness (QED) is 0.695. The van der Waals surface area contributed by atoms with Gasteiger partial charge in [0.25, 0.3) is 0 Å². The molecule has 20 heavy (non-hydrogen) atoms. The van der Waals surface area contributed by atoms with E-state index in [1.807, 2.05) is 12.1 Å². The Morgan fingerprint density at radius 2 is 1.80 bits per heavy atom. The van der Waals surface area contributed by atoms with Gasteiger partial charge in [-0.3, -0.25) is 4.79 Å². The average molecular weight is 400 g/mol. The molecule has 3 nitrogen and oxygen atoms in total. The second-order valence-corrected chi connectivity index (χ2v) is 5.79. The first-order valence-corrected chi connectivity index (χ1v) is 7.44. The minimum Gasteiger partial charge on any atom is -0.496 e. The number of ether oxygens (including phenoxy) is 2. The van der Waals surface area contributed by atoms with Gasteiger partial charge in [-0.2, -0.15) is 0 Å². The van der Waals surface area contributed by atoms with Gasteiger partial charge in [0.05, 0.1) is 11.6 Å². The molecule has 0 bridgehead atoms. The van der Waals surface area contributed by atoms with Gasteiger partial charge >= 0.3 is 0 Å². The number of carbonyl (C=O) groups is 1. The Bertz CT molecular complexity index is 609. The Morgan fingerprint density at radius 3 is 2.40 bits per heavy atom. The summed E-state index contributed by atoms with van der Waals surface area (Å²) in [6.07, 6.45) is 0. The Morgan fingerprint density at radius 1 is 1.10 bits per heavy atom. The number of hydrogen-bond acceptors (Lipinski definition) is 3. The Kier molecular flexibility index (Phi) is 5.20. The summed E-state index contributed by atoms with van der Waals surface area (Å²) in [7, 11) is 1.58. The van der Waals surface area contributed by atoms with Crippen LogP contribution in [0.1, 0.15) is 10.4 Å². The fourth-order valence-corrected chi connectivity index (χ4v) is 2.41. The second kappa shape index (κ2) is 6.90. The first kappa shape index (κ1) is 15.1. The minimum absolute atomic E-state index is 0.000398. The number of ketones is 1.